The van der Waals surface area contributed by atoms with Gasteiger partial charge in [-0.3, -0.25) is 0 Å². The van der Waals surface area contributed by atoms with Crippen LogP contribution in [0.1, 0.15) is 16.3 Å². The maximum atomic E-state index is 11.9. The van der Waals surface area contributed by atoms with Gasteiger partial charge in [0.25, 0.3) is 0 Å². The molecule has 0 aliphatic heterocycles. The molecular weight excluding hydrogens is 294 g/mol. The monoisotopic (exact) mass is 311 g/mol. The molecule has 0 amide bonds. The maximum absolute atomic E-state index is 11.9. The molecule has 1 aromatic carbocycles. The topological polar surface area (TPSA) is 85.1 Å². The Morgan fingerprint density at radius 2 is 2.00 bits per heavy atom. The average molecular weight is 311 g/mol. The van der Waals surface area contributed by atoms with Crippen LogP contribution in [-0.4, -0.2) is 19.9 Å². The molecule has 0 fully saturated rings. The largest absolute Gasteiger partial charge is 0.399 e. The van der Waals surface area contributed by atoms with Crippen molar-refractivity contribution in [2.45, 2.75) is 19.1 Å². The highest BCUT2D eigenvalue weighted by Crippen LogP contribution is 2.10. The second-order valence-corrected chi connectivity index (χ2v) is 7.37. The predicted molar refractivity (Wildman–Crippen MR) is 82.0 cm³/mol. The number of anilines is 1. The molecule has 1 heterocycles. The number of nitrogens with two attached hydrogens (primary N) is 1. The number of hydrogen-bond acceptors (Lipinski definition) is 5. The van der Waals surface area contributed by atoms with E-state index in [9.17, 15) is 8.42 Å². The van der Waals surface area contributed by atoms with Crippen molar-refractivity contribution in [2.75, 3.05) is 12.3 Å². The lowest BCUT2D eigenvalue weighted by molar-refractivity contribution is 0.580. The zero-order chi connectivity index (χ0) is 14.6. The Morgan fingerprint density at radius 3 is 2.60 bits per heavy atom. The van der Waals surface area contributed by atoms with E-state index in [-0.39, 0.29) is 5.75 Å². The summed E-state index contributed by atoms with van der Waals surface area (Å²) in [6.45, 7) is 2.29. The Kier molecular flexibility index (Phi) is 4.74. The van der Waals surface area contributed by atoms with Gasteiger partial charge >= 0.3 is 0 Å². The zero-order valence-corrected chi connectivity index (χ0v) is 12.8. The smallest absolute Gasteiger partial charge is 0.215 e. The van der Waals surface area contributed by atoms with Crippen LogP contribution in [0.2, 0.25) is 0 Å². The van der Waals surface area contributed by atoms with Crippen molar-refractivity contribution in [1.82, 2.24) is 9.71 Å². The molecule has 0 bridgehead atoms. The van der Waals surface area contributed by atoms with Crippen molar-refractivity contribution in [3.05, 3.63) is 45.9 Å². The molecule has 7 heteroatoms. The summed E-state index contributed by atoms with van der Waals surface area (Å²) >= 11 is 1.57. The number of nitrogens with one attached hydrogen (secondary N) is 1. The van der Waals surface area contributed by atoms with Gasteiger partial charge in [0.2, 0.25) is 10.0 Å². The van der Waals surface area contributed by atoms with Gasteiger partial charge in [-0.25, -0.2) is 18.1 Å². The van der Waals surface area contributed by atoms with Crippen LogP contribution in [0.3, 0.4) is 0 Å². The van der Waals surface area contributed by atoms with E-state index in [4.69, 9.17) is 5.73 Å². The van der Waals surface area contributed by atoms with Crippen LogP contribution in [0.5, 0.6) is 0 Å². The fraction of sp³-hybridized carbons (Fsp3) is 0.308. The number of benzene rings is 1. The molecule has 0 saturated carbocycles. The van der Waals surface area contributed by atoms with Crippen LogP contribution in [0, 0.1) is 6.92 Å². The van der Waals surface area contributed by atoms with Crippen molar-refractivity contribution in [1.29, 1.82) is 0 Å². The summed E-state index contributed by atoms with van der Waals surface area (Å²) in [5.41, 5.74) is 7.83. The number of nitrogens with zero attached hydrogens (tertiary/aromatic N) is 1. The van der Waals surface area contributed by atoms with Crippen LogP contribution in [0.25, 0.3) is 0 Å². The lowest BCUT2D eigenvalue weighted by atomic mass is 10.2. The third kappa shape index (κ3) is 4.59. The maximum Gasteiger partial charge on any atom is 0.215 e. The molecule has 1 aromatic heterocycles. The summed E-state index contributed by atoms with van der Waals surface area (Å²) in [6, 6.07) is 6.84. The molecule has 3 N–H and O–H groups in total. The second-order valence-electron chi connectivity index (χ2n) is 4.50. The van der Waals surface area contributed by atoms with Crippen LogP contribution >= 0.6 is 11.3 Å². The van der Waals surface area contributed by atoms with Crippen molar-refractivity contribution in [3.63, 3.8) is 0 Å². The Morgan fingerprint density at radius 1 is 1.30 bits per heavy atom. The number of rotatable bonds is 6. The van der Waals surface area contributed by atoms with Gasteiger partial charge in [-0.1, -0.05) is 12.1 Å². The molecule has 0 atom stereocenters. The van der Waals surface area contributed by atoms with Crippen LogP contribution in [0.15, 0.2) is 29.6 Å². The summed E-state index contributed by atoms with van der Waals surface area (Å²) in [5.74, 6) is -0.0383. The van der Waals surface area contributed by atoms with Gasteiger partial charge in [0, 0.05) is 24.0 Å². The van der Waals surface area contributed by atoms with Gasteiger partial charge in [-0.2, -0.15) is 0 Å². The molecule has 0 spiro atoms. The molecule has 2 rings (SSSR count). The van der Waals surface area contributed by atoms with E-state index in [1.165, 1.54) is 0 Å². The highest BCUT2D eigenvalue weighted by atomic mass is 32.2. The Hall–Kier alpha value is -1.44. The fourth-order valence-electron chi connectivity index (χ4n) is 1.74. The third-order valence-electron chi connectivity index (χ3n) is 2.71. The van der Waals surface area contributed by atoms with Gasteiger partial charge in [-0.05, 0) is 24.6 Å². The summed E-state index contributed by atoms with van der Waals surface area (Å²) in [7, 11) is -3.33. The number of hydrogen-bond donors (Lipinski definition) is 2. The summed E-state index contributed by atoms with van der Waals surface area (Å²) < 4.78 is 26.4. The highest BCUT2D eigenvalue weighted by Gasteiger charge is 2.11. The van der Waals surface area contributed by atoms with Gasteiger partial charge < -0.3 is 5.73 Å². The first kappa shape index (κ1) is 15.0. The van der Waals surface area contributed by atoms with E-state index >= 15 is 0 Å². The first-order valence-corrected chi connectivity index (χ1v) is 8.70. The van der Waals surface area contributed by atoms with Crippen molar-refractivity contribution in [2.24, 2.45) is 0 Å². The van der Waals surface area contributed by atoms with E-state index < -0.39 is 10.0 Å². The molecule has 20 heavy (non-hydrogen) atoms. The minimum Gasteiger partial charge on any atom is -0.399 e. The fourth-order valence-corrected chi connectivity index (χ4v) is 3.54. The van der Waals surface area contributed by atoms with Gasteiger partial charge in [0.15, 0.2) is 0 Å². The number of aromatic nitrogens is 1. The minimum absolute atomic E-state index is 0.0383. The number of thiazole rings is 1. The van der Waals surface area contributed by atoms with Crippen molar-refractivity contribution in [3.8, 4) is 0 Å². The van der Waals surface area contributed by atoms with Crippen molar-refractivity contribution < 1.29 is 8.42 Å². The summed E-state index contributed by atoms with van der Waals surface area (Å²) in [4.78, 5) is 4.29. The number of aryl methyl sites for hydroxylation is 1. The van der Waals surface area contributed by atoms with Crippen LogP contribution < -0.4 is 10.5 Å². The molecule has 0 aliphatic carbocycles. The predicted octanol–water partition coefficient (Wildman–Crippen LogP) is 1.70. The summed E-state index contributed by atoms with van der Waals surface area (Å²) in [6.07, 6.45) is 0.602. The third-order valence-corrected chi connectivity index (χ3v) is 4.89. The quantitative estimate of drug-likeness (QED) is 0.795. The molecule has 2 aromatic rings. The highest BCUT2D eigenvalue weighted by molar-refractivity contribution is 7.88. The molecule has 0 radical (unpaired) electrons. The van der Waals surface area contributed by atoms with E-state index in [1.807, 2.05) is 12.3 Å². The van der Waals surface area contributed by atoms with Gasteiger partial charge in [-0.15, -0.1) is 11.3 Å². The molecule has 108 valence electrons. The van der Waals surface area contributed by atoms with E-state index in [1.54, 1.807) is 35.6 Å². The molecule has 5 nitrogen and oxygen atoms in total. The SMILES string of the molecule is Cc1nc(CCNS(=O)(=O)Cc2ccc(N)cc2)cs1. The molecular formula is C13H17N3O2S2. The second kappa shape index (κ2) is 6.34. The van der Waals surface area contributed by atoms with Crippen LogP contribution in [0.4, 0.5) is 5.69 Å². The number of nitrogen functional groups attached to an aromatic ring is 1. The lowest BCUT2D eigenvalue weighted by Crippen LogP contribution is -2.27. The van der Waals surface area contributed by atoms with Crippen molar-refractivity contribution >= 4 is 27.0 Å². The molecule has 0 saturated heterocycles. The normalized spacial score (nSPS) is 11.7. The number of sulfonamides is 1. The van der Waals surface area contributed by atoms with E-state index in [0.717, 1.165) is 16.3 Å². The Labute approximate surface area is 122 Å². The van der Waals surface area contributed by atoms with E-state index in [0.29, 0.717) is 18.7 Å². The zero-order valence-electron chi connectivity index (χ0n) is 11.2. The molecule has 0 unspecified atom stereocenters. The average Bonchev–Trinajstić information content (AvgIpc) is 2.77. The van der Waals surface area contributed by atoms with E-state index in [2.05, 4.69) is 9.71 Å². The lowest BCUT2D eigenvalue weighted by Gasteiger charge is -2.06. The minimum atomic E-state index is -3.33. The molecule has 0 aliphatic rings. The Balaban J connectivity index is 1.86. The van der Waals surface area contributed by atoms with Crippen LogP contribution in [-0.2, 0) is 22.2 Å². The van der Waals surface area contributed by atoms with Gasteiger partial charge in [0.1, 0.15) is 0 Å². The standard InChI is InChI=1S/C13H17N3O2S2/c1-10-16-13(8-19-10)6-7-15-20(17,18)9-11-2-4-12(14)5-3-11/h2-5,8,15H,6-7,9,14H2,1H3. The van der Waals surface area contributed by atoms with Gasteiger partial charge in [0.05, 0.1) is 16.5 Å². The summed E-state index contributed by atoms with van der Waals surface area (Å²) in [5, 5.41) is 2.94. The first-order valence-electron chi connectivity index (χ1n) is 6.17. The Bertz CT molecular complexity index is 663. The first-order chi connectivity index (χ1) is 9.44.